The summed E-state index contributed by atoms with van der Waals surface area (Å²) < 4.78 is 25.7. The number of esters is 2. The molecule has 21 nitrogen and oxygen atoms in total. The smallest absolute Gasteiger partial charge is 0.407 e. The van der Waals surface area contributed by atoms with Gasteiger partial charge < -0.3 is 55.6 Å². The summed E-state index contributed by atoms with van der Waals surface area (Å²) in [5.41, 5.74) is 18.4. The first-order valence-electron chi connectivity index (χ1n) is 26.9. The van der Waals surface area contributed by atoms with Crippen LogP contribution in [0.3, 0.4) is 0 Å². The molecule has 0 saturated carbocycles. The van der Waals surface area contributed by atoms with Gasteiger partial charge in [0.05, 0.1) is 50.6 Å². The molecule has 0 bridgehead atoms. The Labute approximate surface area is 581 Å². The van der Waals surface area contributed by atoms with Crippen molar-refractivity contribution in [2.75, 3.05) is 14.2 Å². The van der Waals surface area contributed by atoms with Crippen molar-refractivity contribution in [3.8, 4) is 0 Å². The van der Waals surface area contributed by atoms with Crippen LogP contribution < -0.4 is 21.7 Å². The van der Waals surface area contributed by atoms with Gasteiger partial charge in [0, 0.05) is 70.2 Å². The van der Waals surface area contributed by atoms with Gasteiger partial charge in [0.25, 0.3) is 0 Å². The lowest BCUT2D eigenvalue weighted by molar-refractivity contribution is 0.0512. The summed E-state index contributed by atoms with van der Waals surface area (Å²) in [5, 5.41) is 32.4. The Morgan fingerprint density at radius 1 is 0.522 bits per heavy atom. The molecule has 0 unspecified atom stereocenters. The third kappa shape index (κ3) is 34.6. The van der Waals surface area contributed by atoms with Gasteiger partial charge in [-0.3, -0.25) is 0 Å². The zero-order valence-corrected chi connectivity index (χ0v) is 59.6. The molecular weight excluding hydrogens is 1450 g/mol. The number of nitrogens with one attached hydrogen (secondary N) is 3. The fraction of sp³-hybridized carbons (Fsp3) is 0.317. The van der Waals surface area contributed by atoms with E-state index in [0.717, 1.165) is 27.8 Å². The van der Waals surface area contributed by atoms with Crippen LogP contribution in [0.15, 0.2) is 123 Å². The Bertz CT molecular complexity index is 3490. The zero-order chi connectivity index (χ0) is 70.1. The average molecular weight is 1520 g/mol. The van der Waals surface area contributed by atoms with Crippen LogP contribution in [-0.4, -0.2) is 77.4 Å². The minimum absolute atomic E-state index is 0.119. The van der Waals surface area contributed by atoms with Crippen LogP contribution >= 0.6 is 101 Å². The minimum atomic E-state index is -0.987. The van der Waals surface area contributed by atoms with E-state index in [4.69, 9.17) is 107 Å². The average Bonchev–Trinajstić information content (AvgIpc) is 3.49. The van der Waals surface area contributed by atoms with Crippen LogP contribution in [0, 0.1) is 6.57 Å². The molecule has 0 atom stereocenters. The molecule has 6 rings (SSSR count). The molecule has 0 spiro atoms. The molecule has 0 aromatic heterocycles. The van der Waals surface area contributed by atoms with E-state index in [9.17, 15) is 33.9 Å². The third-order valence-electron chi connectivity index (χ3n) is 10.6. The molecular formula is C63H70Br2Cl6N8O13. The van der Waals surface area contributed by atoms with E-state index >= 15 is 0 Å². The van der Waals surface area contributed by atoms with E-state index in [0.29, 0.717) is 69.8 Å². The molecule has 0 radical (unpaired) electrons. The number of methoxy groups -OCH3 is 2. The van der Waals surface area contributed by atoms with Crippen LogP contribution in [0.4, 0.5) is 20.1 Å². The number of aliphatic hydroxyl groups is 1. The quantitative estimate of drug-likeness (QED) is 0.0156. The van der Waals surface area contributed by atoms with Gasteiger partial charge >= 0.3 is 36.2 Å². The molecule has 0 aliphatic carbocycles. The number of halogens is 8. The van der Waals surface area contributed by atoms with Gasteiger partial charge in [-0.2, -0.15) is 0 Å². The second-order valence-corrected chi connectivity index (χ2v) is 25.7. The first-order valence-corrected chi connectivity index (χ1v) is 30.8. The van der Waals surface area contributed by atoms with E-state index in [1.165, 1.54) is 32.4 Å². The Morgan fingerprint density at radius 3 is 1.21 bits per heavy atom. The number of carbonyl (C=O) groups excluding carboxylic acids is 5. The lowest BCUT2D eigenvalue weighted by atomic mass is 10.1. The maximum atomic E-state index is 11.6. The Kier molecular flexibility index (Phi) is 37.5. The van der Waals surface area contributed by atoms with Gasteiger partial charge in [-0.05, 0) is 212 Å². The molecule has 0 aliphatic heterocycles. The number of carbonyl (C=O) groups is 6. The number of ether oxygens (including phenoxy) is 5. The number of carboxylic acids is 1. The lowest BCUT2D eigenvalue weighted by Crippen LogP contribution is -2.32. The number of alkyl carbamates (subject to hydrolysis) is 3. The Balaban J connectivity index is 0.000000559. The molecule has 3 amide bonds. The van der Waals surface area contributed by atoms with Crippen molar-refractivity contribution < 1.29 is 62.7 Å². The van der Waals surface area contributed by atoms with Gasteiger partial charge in [0.1, 0.15) is 16.8 Å². The number of carboxylic acid groups (broad SMARTS) is 1. The Morgan fingerprint density at radius 2 is 0.848 bits per heavy atom. The summed E-state index contributed by atoms with van der Waals surface area (Å²) in [6.45, 7) is 24.4. The van der Waals surface area contributed by atoms with E-state index in [2.05, 4.69) is 72.2 Å². The number of nitrogens with two attached hydrogens (primary N) is 1. The number of hydrogen-bond donors (Lipinski definition) is 6. The first kappa shape index (κ1) is 83.0. The molecule has 0 aliphatic rings. The number of aromatic carboxylic acids is 1. The number of benzene rings is 6. The minimum Gasteiger partial charge on any atom is -0.478 e. The molecule has 0 heterocycles. The maximum absolute atomic E-state index is 11.6. The molecule has 29 heteroatoms. The standard InChI is InChI=1S/C13H17ClN4O2.C13H19ClN2O2.C13H18ClNO3.C9H6ClNO2.C8H6BrClO2.C7H4BrClO2/c1-13(2,3)20-12(19)16-7-9-4-5-11(14)6-10(9)8-17-18-15;1-13(2,3)18-12(17)16-8-9-4-5-11(14)6-10(9)7-15;1-13(2,3)18-12(17)15-7-9-4-5-11(14)6-10(9)8-16;1-11-8-4-3-6(10)5-7(8)9(12)13-2;1-12-8(11)6-4-5(10)2-3-7(6)9;8-6-2-1-4(9)3-5(6)7(10)11/h4-6H,7-8H2,1-3H3,(H,16,19);4-6H,7-8,15H2,1-3H3,(H,16,17);4-6,16H,7-8H2,1-3H3,(H,15,17);3-5H,2H3;2-4H,1H3;1-3H,(H,10,11). The number of azide groups is 1. The second kappa shape index (κ2) is 41.5. The first-order chi connectivity index (χ1) is 42.9. The molecule has 6 aromatic rings. The van der Waals surface area contributed by atoms with Crippen molar-refractivity contribution in [3.63, 3.8) is 0 Å². The van der Waals surface area contributed by atoms with Crippen LogP contribution in [0.2, 0.25) is 30.1 Å². The fourth-order valence-electron chi connectivity index (χ4n) is 6.64. The number of hydrogen-bond acceptors (Lipinski definition) is 14. The largest absolute Gasteiger partial charge is 0.478 e. The lowest BCUT2D eigenvalue weighted by Gasteiger charge is -2.20. The SMILES string of the molecule is CC(C)(C)OC(=O)NCc1ccc(Cl)cc1CN.CC(C)(C)OC(=O)NCc1ccc(Cl)cc1CN=[N+]=[N-].CC(C)(C)OC(=O)NCc1ccc(Cl)cc1CO.COC(=O)c1cc(Cl)ccc1Br.O=C(O)c1cc(Cl)ccc1Br.[C-]#[N+]c1ccc(Cl)cc1C(=O)OC. The maximum Gasteiger partial charge on any atom is 0.407 e. The predicted molar refractivity (Wildman–Crippen MR) is 366 cm³/mol. The monoisotopic (exact) mass is 1510 g/mol. The highest BCUT2D eigenvalue weighted by Gasteiger charge is 2.19. The van der Waals surface area contributed by atoms with Crippen molar-refractivity contribution in [1.82, 2.24) is 16.0 Å². The van der Waals surface area contributed by atoms with Gasteiger partial charge in [0.15, 0.2) is 0 Å². The molecule has 7 N–H and O–H groups in total. The van der Waals surface area contributed by atoms with Gasteiger partial charge in [0.2, 0.25) is 5.69 Å². The highest BCUT2D eigenvalue weighted by molar-refractivity contribution is 9.10. The summed E-state index contributed by atoms with van der Waals surface area (Å²) in [4.78, 5) is 73.1. The van der Waals surface area contributed by atoms with Gasteiger partial charge in [-0.1, -0.05) is 105 Å². The van der Waals surface area contributed by atoms with Crippen molar-refractivity contribution in [2.45, 2.75) is 118 Å². The number of aliphatic hydroxyl groups excluding tert-OH is 1. The van der Waals surface area contributed by atoms with E-state index in [-0.39, 0.29) is 36.5 Å². The molecule has 6 aromatic carbocycles. The van der Waals surface area contributed by atoms with Crippen LogP contribution in [-0.2, 0) is 63.0 Å². The van der Waals surface area contributed by atoms with Crippen molar-refractivity contribution in [2.24, 2.45) is 10.8 Å². The summed E-state index contributed by atoms with van der Waals surface area (Å²) in [6, 6.07) is 29.8. The fourth-order valence-corrected chi connectivity index (χ4v) is 8.57. The van der Waals surface area contributed by atoms with Crippen LogP contribution in [0.1, 0.15) is 127 Å². The second-order valence-electron chi connectivity index (χ2n) is 21.4. The van der Waals surface area contributed by atoms with Crippen LogP contribution in [0.25, 0.3) is 15.3 Å². The number of amides is 3. The number of nitrogens with zero attached hydrogens (tertiary/aromatic N) is 4. The van der Waals surface area contributed by atoms with Crippen molar-refractivity contribution >= 4 is 143 Å². The summed E-state index contributed by atoms with van der Waals surface area (Å²) in [5.74, 6) is -1.93. The topological polar surface area (TPSA) is 304 Å². The van der Waals surface area contributed by atoms with Crippen LogP contribution in [0.5, 0.6) is 0 Å². The molecule has 0 fully saturated rings. The van der Waals surface area contributed by atoms with Gasteiger partial charge in [-0.25, -0.2) is 33.6 Å². The van der Waals surface area contributed by atoms with Gasteiger partial charge in [-0.15, -0.1) is 0 Å². The zero-order valence-electron chi connectivity index (χ0n) is 51.9. The van der Waals surface area contributed by atoms with E-state index in [1.54, 1.807) is 126 Å². The van der Waals surface area contributed by atoms with E-state index < -0.39 is 53.0 Å². The van der Waals surface area contributed by atoms with Crippen molar-refractivity contribution in [1.29, 1.82) is 0 Å². The summed E-state index contributed by atoms with van der Waals surface area (Å²) >= 11 is 40.8. The predicted octanol–water partition coefficient (Wildman–Crippen LogP) is 18.2. The molecule has 92 heavy (non-hydrogen) atoms. The van der Waals surface area contributed by atoms with E-state index in [1.807, 2.05) is 26.8 Å². The normalized spacial score (nSPS) is 10.3. The van der Waals surface area contributed by atoms with Crippen molar-refractivity contribution in [3.05, 3.63) is 220 Å². The highest BCUT2D eigenvalue weighted by Crippen LogP contribution is 2.26. The highest BCUT2D eigenvalue weighted by atomic mass is 79.9. The Hall–Kier alpha value is -7.04. The summed E-state index contributed by atoms with van der Waals surface area (Å²) in [6.07, 6.45) is -1.43. The summed E-state index contributed by atoms with van der Waals surface area (Å²) in [7, 11) is 2.59. The molecule has 0 saturated heterocycles. The third-order valence-corrected chi connectivity index (χ3v) is 13.4. The molecule has 496 valence electrons. The number of rotatable bonds is 13.